The smallest absolute Gasteiger partial charge is 0.311 e. The molecule has 0 unspecified atom stereocenters. The first-order valence-corrected chi connectivity index (χ1v) is 6.92. The normalized spacial score (nSPS) is 10.4. The summed E-state index contributed by atoms with van der Waals surface area (Å²) in [5, 5.41) is 14.1. The van der Waals surface area contributed by atoms with E-state index in [2.05, 4.69) is 11.9 Å². The van der Waals surface area contributed by atoms with Crippen molar-refractivity contribution < 1.29 is 14.4 Å². The number of nitro groups is 1. The van der Waals surface area contributed by atoms with Crippen molar-refractivity contribution in [2.75, 3.05) is 25.1 Å². The fraction of sp³-hybridized carbons (Fsp3) is 0.467. The van der Waals surface area contributed by atoms with Crippen molar-refractivity contribution in [3.63, 3.8) is 0 Å². The first-order valence-electron chi connectivity index (χ1n) is 6.92. The summed E-state index contributed by atoms with van der Waals surface area (Å²) in [4.78, 5) is 10.5. The van der Waals surface area contributed by atoms with Gasteiger partial charge in [0.2, 0.25) is 0 Å². The largest absolute Gasteiger partial charge is 0.484 e. The Bertz CT molecular complexity index is 475. The fourth-order valence-electron chi connectivity index (χ4n) is 1.66. The highest BCUT2D eigenvalue weighted by atomic mass is 16.6. The number of nitro benzene ring substituents is 1. The average Bonchev–Trinajstić information content (AvgIpc) is 2.42. The van der Waals surface area contributed by atoms with Gasteiger partial charge in [0.1, 0.15) is 0 Å². The van der Waals surface area contributed by atoms with Crippen molar-refractivity contribution in [2.24, 2.45) is 0 Å². The molecule has 6 heteroatoms. The van der Waals surface area contributed by atoms with Crippen molar-refractivity contribution in [1.82, 2.24) is 0 Å². The summed E-state index contributed by atoms with van der Waals surface area (Å²) in [5.74, 6) is 0.271. The van der Waals surface area contributed by atoms with Crippen LogP contribution in [0.3, 0.4) is 0 Å². The molecule has 1 N–H and O–H groups in total. The molecular formula is C15H22N2O4. The Hall–Kier alpha value is -2.08. The van der Waals surface area contributed by atoms with E-state index in [0.717, 1.165) is 12.1 Å². The number of ether oxygens (including phenoxy) is 2. The van der Waals surface area contributed by atoms with E-state index >= 15 is 0 Å². The molecular weight excluding hydrogens is 272 g/mol. The van der Waals surface area contributed by atoms with E-state index in [1.54, 1.807) is 18.2 Å². The van der Waals surface area contributed by atoms with E-state index in [4.69, 9.17) is 9.47 Å². The molecule has 0 atom stereocenters. The lowest BCUT2D eigenvalue weighted by Crippen LogP contribution is -2.11. The van der Waals surface area contributed by atoms with Crippen LogP contribution in [0.1, 0.15) is 20.3 Å². The van der Waals surface area contributed by atoms with E-state index in [0.29, 0.717) is 19.8 Å². The fourth-order valence-corrected chi connectivity index (χ4v) is 1.66. The molecule has 0 spiro atoms. The third kappa shape index (κ3) is 6.27. The predicted molar refractivity (Wildman–Crippen MR) is 83.0 cm³/mol. The van der Waals surface area contributed by atoms with E-state index < -0.39 is 4.92 Å². The van der Waals surface area contributed by atoms with Gasteiger partial charge in [0, 0.05) is 24.4 Å². The number of hydrogen-bond donors (Lipinski definition) is 1. The summed E-state index contributed by atoms with van der Waals surface area (Å²) in [6, 6.07) is 4.75. The summed E-state index contributed by atoms with van der Waals surface area (Å²) in [6.45, 7) is 9.11. The van der Waals surface area contributed by atoms with Crippen LogP contribution in [0, 0.1) is 10.1 Å². The maximum atomic E-state index is 11.0. The lowest BCUT2D eigenvalue weighted by atomic mass is 10.2. The summed E-state index contributed by atoms with van der Waals surface area (Å²) in [7, 11) is 0. The molecule has 0 heterocycles. The maximum absolute atomic E-state index is 11.0. The Morgan fingerprint density at radius 1 is 1.43 bits per heavy atom. The molecule has 0 aliphatic carbocycles. The topological polar surface area (TPSA) is 73.6 Å². The van der Waals surface area contributed by atoms with Gasteiger partial charge >= 0.3 is 5.69 Å². The van der Waals surface area contributed by atoms with Crippen LogP contribution < -0.4 is 10.1 Å². The maximum Gasteiger partial charge on any atom is 0.311 e. The zero-order valence-electron chi connectivity index (χ0n) is 12.5. The van der Waals surface area contributed by atoms with Crippen LogP contribution in [0.15, 0.2) is 30.9 Å². The molecule has 0 aromatic heterocycles. The van der Waals surface area contributed by atoms with Crippen LogP contribution in [0.5, 0.6) is 5.75 Å². The molecule has 0 amide bonds. The van der Waals surface area contributed by atoms with Gasteiger partial charge in [0.25, 0.3) is 0 Å². The summed E-state index contributed by atoms with van der Waals surface area (Å²) in [6.07, 6.45) is 2.50. The Labute approximate surface area is 124 Å². The van der Waals surface area contributed by atoms with Crippen molar-refractivity contribution in [3.05, 3.63) is 41.0 Å². The molecule has 0 radical (unpaired) electrons. The van der Waals surface area contributed by atoms with Gasteiger partial charge in [0.15, 0.2) is 5.75 Å². The molecule has 0 bridgehead atoms. The first-order chi connectivity index (χ1) is 10.0. The van der Waals surface area contributed by atoms with E-state index in [1.807, 2.05) is 13.8 Å². The average molecular weight is 294 g/mol. The SMILES string of the molecule is C=CCCOCCNc1ccc([N+](=O)[O-])c(OC(C)C)c1. The van der Waals surface area contributed by atoms with E-state index in [1.165, 1.54) is 6.07 Å². The van der Waals surface area contributed by atoms with Crippen LogP contribution in [0.2, 0.25) is 0 Å². The highest BCUT2D eigenvalue weighted by molar-refractivity contribution is 5.58. The van der Waals surface area contributed by atoms with Crippen molar-refractivity contribution in [3.8, 4) is 5.75 Å². The minimum Gasteiger partial charge on any atom is -0.484 e. The van der Waals surface area contributed by atoms with Crippen LogP contribution in [-0.4, -0.2) is 30.8 Å². The molecule has 0 fully saturated rings. The van der Waals surface area contributed by atoms with Crippen LogP contribution in [0.25, 0.3) is 0 Å². The van der Waals surface area contributed by atoms with E-state index in [9.17, 15) is 10.1 Å². The monoisotopic (exact) mass is 294 g/mol. The first kappa shape index (κ1) is 17.0. The minimum atomic E-state index is -0.445. The zero-order valence-corrected chi connectivity index (χ0v) is 12.5. The molecule has 0 aliphatic heterocycles. The van der Waals surface area contributed by atoms with Crippen molar-refractivity contribution >= 4 is 11.4 Å². The van der Waals surface area contributed by atoms with Gasteiger partial charge in [-0.1, -0.05) is 6.08 Å². The summed E-state index contributed by atoms with van der Waals surface area (Å²) < 4.78 is 10.9. The van der Waals surface area contributed by atoms with Gasteiger partial charge in [-0.2, -0.15) is 0 Å². The number of rotatable bonds is 10. The van der Waals surface area contributed by atoms with Crippen molar-refractivity contribution in [2.45, 2.75) is 26.4 Å². The Kier molecular flexibility index (Phi) is 7.25. The van der Waals surface area contributed by atoms with Crippen molar-refractivity contribution in [1.29, 1.82) is 0 Å². The van der Waals surface area contributed by atoms with Gasteiger partial charge in [-0.05, 0) is 26.3 Å². The molecule has 0 saturated carbocycles. The molecule has 21 heavy (non-hydrogen) atoms. The van der Waals surface area contributed by atoms with Crippen LogP contribution in [-0.2, 0) is 4.74 Å². The lowest BCUT2D eigenvalue weighted by molar-refractivity contribution is -0.386. The molecule has 0 aliphatic rings. The number of anilines is 1. The third-order valence-electron chi connectivity index (χ3n) is 2.56. The molecule has 116 valence electrons. The highest BCUT2D eigenvalue weighted by Crippen LogP contribution is 2.30. The quantitative estimate of drug-likeness (QED) is 0.310. The standard InChI is InChI=1S/C15H22N2O4/c1-4-5-9-20-10-8-16-13-6-7-14(17(18)19)15(11-13)21-12(2)3/h4,6-7,11-12,16H,1,5,8-10H2,2-3H3. The van der Waals surface area contributed by atoms with E-state index in [-0.39, 0.29) is 17.5 Å². The molecule has 6 nitrogen and oxygen atoms in total. The Morgan fingerprint density at radius 3 is 2.81 bits per heavy atom. The summed E-state index contributed by atoms with van der Waals surface area (Å²) >= 11 is 0. The zero-order chi connectivity index (χ0) is 15.7. The van der Waals surface area contributed by atoms with Crippen LogP contribution in [0.4, 0.5) is 11.4 Å². The molecule has 1 aromatic rings. The summed E-state index contributed by atoms with van der Waals surface area (Å²) in [5.41, 5.74) is 0.736. The van der Waals surface area contributed by atoms with Gasteiger partial charge in [-0.15, -0.1) is 6.58 Å². The molecule has 0 saturated heterocycles. The van der Waals surface area contributed by atoms with Gasteiger partial charge in [0.05, 0.1) is 24.2 Å². The second-order valence-electron chi connectivity index (χ2n) is 4.72. The number of nitrogens with one attached hydrogen (secondary N) is 1. The lowest BCUT2D eigenvalue weighted by Gasteiger charge is -2.12. The highest BCUT2D eigenvalue weighted by Gasteiger charge is 2.16. The van der Waals surface area contributed by atoms with Crippen LogP contribution >= 0.6 is 0 Å². The minimum absolute atomic E-state index is 0.0310. The second kappa shape index (κ2) is 8.97. The number of nitrogens with zero attached hydrogens (tertiary/aromatic N) is 1. The molecule has 1 rings (SSSR count). The predicted octanol–water partition coefficient (Wildman–Crippen LogP) is 3.39. The molecule has 1 aromatic carbocycles. The van der Waals surface area contributed by atoms with Gasteiger partial charge < -0.3 is 14.8 Å². The number of benzene rings is 1. The Morgan fingerprint density at radius 2 is 2.19 bits per heavy atom. The number of hydrogen-bond acceptors (Lipinski definition) is 5. The Balaban J connectivity index is 2.58. The van der Waals surface area contributed by atoms with Gasteiger partial charge in [-0.3, -0.25) is 10.1 Å². The third-order valence-corrected chi connectivity index (χ3v) is 2.56. The van der Waals surface area contributed by atoms with Gasteiger partial charge in [-0.25, -0.2) is 0 Å². The second-order valence-corrected chi connectivity index (χ2v) is 4.72.